The van der Waals surface area contributed by atoms with E-state index in [0.717, 1.165) is 12.1 Å². The Morgan fingerprint density at radius 2 is 2.11 bits per heavy atom. The van der Waals surface area contributed by atoms with Crippen LogP contribution in [-0.2, 0) is 14.6 Å². The summed E-state index contributed by atoms with van der Waals surface area (Å²) < 4.78 is 40.1. The fourth-order valence-electron chi connectivity index (χ4n) is 1.39. The van der Waals surface area contributed by atoms with E-state index in [1.54, 1.807) is 6.92 Å². The maximum Gasteiger partial charge on any atom is 0.340 e. The number of hydrogen-bond acceptors (Lipinski definition) is 5. The van der Waals surface area contributed by atoms with Crippen LogP contribution in [0.3, 0.4) is 0 Å². The molecule has 0 aromatic heterocycles. The van der Waals surface area contributed by atoms with Gasteiger partial charge in [-0.1, -0.05) is 6.92 Å². The van der Waals surface area contributed by atoms with Crippen molar-refractivity contribution in [2.24, 2.45) is 0 Å². The molecule has 0 atom stereocenters. The van der Waals surface area contributed by atoms with Crippen molar-refractivity contribution >= 4 is 21.5 Å². The molecule has 2 N–H and O–H groups in total. The second-order valence-corrected chi connectivity index (χ2v) is 6.43. The van der Waals surface area contributed by atoms with Gasteiger partial charge in [0.15, 0.2) is 0 Å². The summed E-state index contributed by atoms with van der Waals surface area (Å²) in [7, 11) is -3.06. The Kier molecular flexibility index (Phi) is 5.29. The third kappa shape index (κ3) is 4.86. The van der Waals surface area contributed by atoms with Crippen LogP contribution in [0.2, 0.25) is 0 Å². The number of ether oxygens (including phenoxy) is 1. The largest absolute Gasteiger partial charge is 0.462 e. The zero-order valence-electron chi connectivity index (χ0n) is 10.6. The summed E-state index contributed by atoms with van der Waals surface area (Å²) in [6.07, 6.45) is 0.225. The van der Waals surface area contributed by atoms with Crippen LogP contribution in [0.25, 0.3) is 0 Å². The number of halogens is 1. The first-order valence-corrected chi connectivity index (χ1v) is 7.60. The normalized spacial score (nSPS) is 11.3. The lowest BCUT2D eigenvalue weighted by atomic mass is 10.2. The van der Waals surface area contributed by atoms with Crippen LogP contribution in [0.4, 0.5) is 10.1 Å². The number of nitrogen functional groups attached to an aromatic ring is 1. The predicted molar refractivity (Wildman–Crippen MR) is 70.0 cm³/mol. The van der Waals surface area contributed by atoms with Crippen LogP contribution in [-0.4, -0.2) is 32.5 Å². The van der Waals surface area contributed by atoms with E-state index in [4.69, 9.17) is 10.5 Å². The van der Waals surface area contributed by atoms with Gasteiger partial charge in [-0.05, 0) is 24.6 Å². The van der Waals surface area contributed by atoms with Gasteiger partial charge in [-0.15, -0.1) is 0 Å². The number of benzene rings is 1. The first kappa shape index (κ1) is 15.4. The summed E-state index contributed by atoms with van der Waals surface area (Å²) in [6, 6.07) is 3.36. The third-order valence-electron chi connectivity index (χ3n) is 2.51. The number of carbonyl (C=O) groups is 1. The highest BCUT2D eigenvalue weighted by molar-refractivity contribution is 7.91. The van der Waals surface area contributed by atoms with E-state index in [9.17, 15) is 17.6 Å². The Bertz CT molecular complexity index is 557. The van der Waals surface area contributed by atoms with Crippen LogP contribution < -0.4 is 5.73 Å². The Morgan fingerprint density at radius 3 is 2.68 bits per heavy atom. The minimum Gasteiger partial charge on any atom is -0.462 e. The molecular weight excluding hydrogens is 273 g/mol. The van der Waals surface area contributed by atoms with Gasteiger partial charge >= 0.3 is 5.97 Å². The summed E-state index contributed by atoms with van der Waals surface area (Å²) in [6.45, 7) is 1.54. The quantitative estimate of drug-likeness (QED) is 0.486. The Labute approximate surface area is 111 Å². The van der Waals surface area contributed by atoms with Crippen molar-refractivity contribution in [2.75, 3.05) is 23.8 Å². The summed E-state index contributed by atoms with van der Waals surface area (Å²) in [5, 5.41) is 0. The Balaban J connectivity index is 2.48. The molecule has 0 aliphatic heterocycles. The van der Waals surface area contributed by atoms with Gasteiger partial charge < -0.3 is 10.5 Å². The van der Waals surface area contributed by atoms with Crippen LogP contribution in [0.15, 0.2) is 18.2 Å². The standard InChI is InChI=1S/C12H16FNO4S/c1-2-19(16,17)7-3-6-18-12(15)10-5-4-9(13)8-11(10)14/h4-5,8H,2-3,6-7,14H2,1H3. The van der Waals surface area contributed by atoms with Crippen molar-refractivity contribution in [1.29, 1.82) is 0 Å². The number of hydrogen-bond donors (Lipinski definition) is 1. The van der Waals surface area contributed by atoms with Gasteiger partial charge in [0.1, 0.15) is 15.7 Å². The van der Waals surface area contributed by atoms with E-state index in [2.05, 4.69) is 0 Å². The summed E-state index contributed by atoms with van der Waals surface area (Å²) >= 11 is 0. The van der Waals surface area contributed by atoms with E-state index in [0.29, 0.717) is 0 Å². The maximum absolute atomic E-state index is 12.8. The number of esters is 1. The first-order valence-electron chi connectivity index (χ1n) is 5.78. The third-order valence-corrected chi connectivity index (χ3v) is 4.30. The number of sulfone groups is 1. The zero-order valence-corrected chi connectivity index (χ0v) is 11.4. The highest BCUT2D eigenvalue weighted by Gasteiger charge is 2.13. The van der Waals surface area contributed by atoms with Gasteiger partial charge in [-0.2, -0.15) is 0 Å². The SMILES string of the molecule is CCS(=O)(=O)CCCOC(=O)c1ccc(F)cc1N. The molecular formula is C12H16FNO4S. The lowest BCUT2D eigenvalue weighted by Gasteiger charge is -2.07. The lowest BCUT2D eigenvalue weighted by Crippen LogP contribution is -2.14. The average Bonchev–Trinajstić information content (AvgIpc) is 2.34. The molecule has 1 aromatic rings. The van der Waals surface area contributed by atoms with Gasteiger partial charge in [0.2, 0.25) is 0 Å². The highest BCUT2D eigenvalue weighted by atomic mass is 32.2. The zero-order chi connectivity index (χ0) is 14.5. The molecule has 0 spiro atoms. The Morgan fingerprint density at radius 1 is 1.42 bits per heavy atom. The smallest absolute Gasteiger partial charge is 0.340 e. The molecule has 0 heterocycles. The van der Waals surface area contributed by atoms with Gasteiger partial charge in [0, 0.05) is 11.4 Å². The first-order chi connectivity index (χ1) is 8.85. The molecule has 0 aliphatic rings. The Hall–Kier alpha value is -1.63. The minimum atomic E-state index is -3.06. The number of carbonyl (C=O) groups excluding carboxylic acids is 1. The van der Waals surface area contributed by atoms with Crippen molar-refractivity contribution < 1.29 is 22.3 Å². The molecule has 0 aliphatic carbocycles. The number of anilines is 1. The molecule has 5 nitrogen and oxygen atoms in total. The van der Waals surface area contributed by atoms with Crippen LogP contribution in [0.5, 0.6) is 0 Å². The van der Waals surface area contributed by atoms with Gasteiger partial charge in [-0.25, -0.2) is 17.6 Å². The highest BCUT2D eigenvalue weighted by Crippen LogP contribution is 2.14. The maximum atomic E-state index is 12.8. The van der Waals surface area contributed by atoms with Crippen molar-refractivity contribution in [3.8, 4) is 0 Å². The van der Waals surface area contributed by atoms with E-state index in [1.807, 2.05) is 0 Å². The van der Waals surface area contributed by atoms with Crippen molar-refractivity contribution in [2.45, 2.75) is 13.3 Å². The lowest BCUT2D eigenvalue weighted by molar-refractivity contribution is 0.0507. The van der Waals surface area contributed by atoms with Gasteiger partial charge in [0.25, 0.3) is 0 Å². The van der Waals surface area contributed by atoms with Crippen LogP contribution >= 0.6 is 0 Å². The monoisotopic (exact) mass is 289 g/mol. The molecule has 0 fully saturated rings. The van der Waals surface area contributed by atoms with Crippen LogP contribution in [0.1, 0.15) is 23.7 Å². The number of nitrogens with two attached hydrogens (primary N) is 1. The molecule has 0 saturated carbocycles. The van der Waals surface area contributed by atoms with E-state index in [1.165, 1.54) is 6.07 Å². The van der Waals surface area contributed by atoms with Gasteiger partial charge in [0.05, 0.1) is 17.9 Å². The average molecular weight is 289 g/mol. The fraction of sp³-hybridized carbons (Fsp3) is 0.417. The minimum absolute atomic E-state index is 0.00817. The molecule has 7 heteroatoms. The predicted octanol–water partition coefficient (Wildman–Crippen LogP) is 1.39. The summed E-state index contributed by atoms with van der Waals surface area (Å²) in [4.78, 5) is 11.6. The van der Waals surface area contributed by atoms with Crippen molar-refractivity contribution in [3.05, 3.63) is 29.6 Å². The van der Waals surface area contributed by atoms with Crippen molar-refractivity contribution in [1.82, 2.24) is 0 Å². The molecule has 19 heavy (non-hydrogen) atoms. The van der Waals surface area contributed by atoms with E-state index >= 15 is 0 Å². The molecule has 1 aromatic carbocycles. The second-order valence-electron chi connectivity index (χ2n) is 3.96. The molecule has 0 bridgehead atoms. The summed E-state index contributed by atoms with van der Waals surface area (Å²) in [5.74, 6) is -1.20. The van der Waals surface area contributed by atoms with Crippen molar-refractivity contribution in [3.63, 3.8) is 0 Å². The second kappa shape index (κ2) is 6.51. The summed E-state index contributed by atoms with van der Waals surface area (Å²) in [5.41, 5.74) is 5.54. The van der Waals surface area contributed by atoms with Gasteiger partial charge in [-0.3, -0.25) is 0 Å². The molecule has 0 unspecified atom stereocenters. The van der Waals surface area contributed by atoms with Crippen LogP contribution in [0, 0.1) is 5.82 Å². The molecule has 106 valence electrons. The molecule has 1 rings (SSSR count). The van der Waals surface area contributed by atoms with E-state index in [-0.39, 0.29) is 35.8 Å². The number of rotatable bonds is 6. The van der Waals surface area contributed by atoms with E-state index < -0.39 is 21.6 Å². The molecule has 0 radical (unpaired) electrons. The topological polar surface area (TPSA) is 86.5 Å². The molecule has 0 amide bonds. The fourth-order valence-corrected chi connectivity index (χ4v) is 2.23. The molecule has 0 saturated heterocycles.